The molecule has 0 bridgehead atoms. The summed E-state index contributed by atoms with van der Waals surface area (Å²) in [6.07, 6.45) is -0.556. The maximum Gasteiger partial charge on any atom is 0.460 e. The van der Waals surface area contributed by atoms with E-state index in [2.05, 4.69) is 0 Å². The average molecular weight is 1020 g/mol. The van der Waals surface area contributed by atoms with Gasteiger partial charge < -0.3 is 4.18 Å². The molecule has 0 saturated carbocycles. The predicted octanol–water partition coefficient (Wildman–Crippen LogP) is 16.0. The number of rotatable bonds is 23. The van der Waals surface area contributed by atoms with Crippen molar-refractivity contribution < 1.29 is 110 Å². The van der Waals surface area contributed by atoms with Gasteiger partial charge in [0.05, 0.1) is 0 Å². The van der Waals surface area contributed by atoms with E-state index in [9.17, 15) is 88.2 Å². The number of unbranched alkanes of at least 4 members (excludes halogenated alkanes) is 7. The maximum atomic E-state index is 15.5. The van der Waals surface area contributed by atoms with Crippen molar-refractivity contribution in [3.8, 4) is 0 Å². The van der Waals surface area contributed by atoms with Crippen molar-refractivity contribution >= 4 is 16.3 Å². The molecule has 0 saturated heterocycles. The number of halogens is 23. The number of benzene rings is 3. The number of alkyl halides is 23. The normalized spacial score (nSPS) is 14.9. The van der Waals surface area contributed by atoms with Gasteiger partial charge in [0.1, 0.15) is 0 Å². The lowest BCUT2D eigenvalue weighted by Crippen LogP contribution is -2.78. The molecule has 0 heterocycles. The molecular weight excluding hydrogens is 981 g/mol. The third-order valence-corrected chi connectivity index (χ3v) is 13.3. The Hall–Kier alpha value is -4.13. The first-order valence-corrected chi connectivity index (χ1v) is 20.5. The molecule has 0 aliphatic rings. The van der Waals surface area contributed by atoms with Crippen molar-refractivity contribution in [3.63, 3.8) is 0 Å². The fourth-order valence-corrected chi connectivity index (χ4v) is 9.17. The number of carbonyl (C=O) groups is 1. The number of aryl methyl sites for hydroxylation is 1. The lowest BCUT2D eigenvalue weighted by molar-refractivity contribution is -0.477. The lowest BCUT2D eigenvalue weighted by Gasteiger charge is -2.45. The first kappa shape index (κ1) is 56.2. The summed E-state index contributed by atoms with van der Waals surface area (Å²) in [6.45, 7) is 2.03. The maximum absolute atomic E-state index is 15.5. The highest BCUT2D eigenvalue weighted by Crippen LogP contribution is 2.71. The minimum absolute atomic E-state index is 0.372. The quantitative estimate of drug-likeness (QED) is 0.0699. The molecule has 66 heavy (non-hydrogen) atoms. The van der Waals surface area contributed by atoms with Gasteiger partial charge in [-0.1, -0.05) is 100 Å². The van der Waals surface area contributed by atoms with Crippen LogP contribution >= 0.6 is 10.3 Å². The standard InChI is InChI=1S/C40H35F23O2S/c1-2-3-4-5-6-7-8-11-16-25-21-23-28(24-22-25)66(26-17-12-9-13-18-26,27-19-14-10-15-20-27)65-29(64)30(41,42)31(43,44)32(45,46)33(47,48)34(49,50)35(51,52)36(53,54)37(55,56)38(57,58)39(59,60)40(61,62)63/h9-10,12-15,17-24H,2-8,11,16H2,1H3. The van der Waals surface area contributed by atoms with E-state index in [0.717, 1.165) is 106 Å². The molecule has 3 aromatic rings. The molecule has 0 aliphatic heterocycles. The average Bonchev–Trinajstić information content (AvgIpc) is 3.23. The van der Waals surface area contributed by atoms with Gasteiger partial charge in [-0.3, -0.25) is 0 Å². The Morgan fingerprint density at radius 3 is 1.05 bits per heavy atom. The third kappa shape index (κ3) is 9.12. The molecule has 0 unspecified atom stereocenters. The van der Waals surface area contributed by atoms with Crippen LogP contribution in [-0.2, 0) is 15.4 Å². The molecule has 0 atom stereocenters. The monoisotopic (exact) mass is 1020 g/mol. The van der Waals surface area contributed by atoms with Gasteiger partial charge in [-0.15, -0.1) is 0 Å². The number of hydrogen-bond acceptors (Lipinski definition) is 2. The van der Waals surface area contributed by atoms with Crippen molar-refractivity contribution in [2.45, 2.75) is 145 Å². The van der Waals surface area contributed by atoms with Crippen molar-refractivity contribution in [1.82, 2.24) is 0 Å². The smallest absolute Gasteiger partial charge is 0.397 e. The molecule has 0 spiro atoms. The summed E-state index contributed by atoms with van der Waals surface area (Å²) in [5.74, 6) is -94.5. The Kier molecular flexibility index (Phi) is 16.3. The van der Waals surface area contributed by atoms with Crippen molar-refractivity contribution in [3.05, 3.63) is 90.5 Å². The van der Waals surface area contributed by atoms with E-state index < -0.39 is 96.4 Å². The molecule has 374 valence electrons. The first-order valence-electron chi connectivity index (χ1n) is 19.0. The van der Waals surface area contributed by atoms with Crippen molar-refractivity contribution in [1.29, 1.82) is 0 Å². The van der Waals surface area contributed by atoms with Crippen LogP contribution in [0, 0.1) is 0 Å². The molecule has 0 aromatic heterocycles. The highest BCUT2D eigenvalue weighted by molar-refractivity contribution is 8.30. The molecule has 2 nitrogen and oxygen atoms in total. The highest BCUT2D eigenvalue weighted by atomic mass is 32.3. The second-order valence-corrected chi connectivity index (χ2v) is 17.4. The lowest BCUT2D eigenvalue weighted by atomic mass is 9.85. The predicted molar refractivity (Wildman–Crippen MR) is 190 cm³/mol. The Balaban J connectivity index is 2.14. The fraction of sp³-hybridized carbons (Fsp3) is 0.525. The second kappa shape index (κ2) is 19.1. The van der Waals surface area contributed by atoms with E-state index in [-0.39, 0.29) is 0 Å². The third-order valence-electron chi connectivity index (χ3n) is 10.1. The Morgan fingerprint density at radius 2 is 0.697 bits per heavy atom. The minimum atomic E-state index is -9.56. The zero-order valence-corrected chi connectivity index (χ0v) is 34.2. The summed E-state index contributed by atoms with van der Waals surface area (Å²) >= 11 is 0. The Morgan fingerprint density at radius 1 is 0.394 bits per heavy atom. The van der Waals surface area contributed by atoms with Gasteiger partial charge in [0, 0.05) is 14.7 Å². The zero-order chi connectivity index (χ0) is 50.9. The zero-order valence-electron chi connectivity index (χ0n) is 33.4. The van der Waals surface area contributed by atoms with Crippen LogP contribution in [0.5, 0.6) is 0 Å². The van der Waals surface area contributed by atoms with E-state index in [1.807, 2.05) is 6.92 Å². The Bertz CT molecular complexity index is 2020. The molecule has 0 N–H and O–H groups in total. The first-order chi connectivity index (χ1) is 29.9. The molecule has 26 heteroatoms. The summed E-state index contributed by atoms with van der Waals surface area (Å²) in [6, 6.07) is 15.7. The van der Waals surface area contributed by atoms with Gasteiger partial charge in [-0.05, 0) is 65.1 Å². The van der Waals surface area contributed by atoms with Crippen LogP contribution in [0.1, 0.15) is 63.9 Å². The van der Waals surface area contributed by atoms with Gasteiger partial charge in [0.2, 0.25) is 0 Å². The fourth-order valence-electron chi connectivity index (χ4n) is 6.14. The molecule has 0 radical (unpaired) electrons. The largest absolute Gasteiger partial charge is 0.460 e. The van der Waals surface area contributed by atoms with E-state index in [1.165, 1.54) is 24.3 Å². The molecule has 3 rings (SSSR count). The molecule has 0 aliphatic carbocycles. The van der Waals surface area contributed by atoms with Gasteiger partial charge in [0.25, 0.3) is 0 Å². The second-order valence-electron chi connectivity index (χ2n) is 14.7. The van der Waals surface area contributed by atoms with E-state index in [4.69, 9.17) is 4.18 Å². The summed E-state index contributed by atoms with van der Waals surface area (Å²) in [4.78, 5) is 11.9. The number of hydrogen-bond donors (Lipinski definition) is 0. The molecule has 3 aromatic carbocycles. The minimum Gasteiger partial charge on any atom is -0.397 e. The Labute approximate surface area is 361 Å². The van der Waals surface area contributed by atoms with E-state index in [1.54, 1.807) is 0 Å². The van der Waals surface area contributed by atoms with Crippen LogP contribution in [0.25, 0.3) is 0 Å². The van der Waals surface area contributed by atoms with Gasteiger partial charge in [-0.25, -0.2) is 4.79 Å². The summed E-state index contributed by atoms with van der Waals surface area (Å²) < 4.78 is 330. The van der Waals surface area contributed by atoms with Gasteiger partial charge in [0.15, 0.2) is 0 Å². The topological polar surface area (TPSA) is 26.3 Å². The highest BCUT2D eigenvalue weighted by Gasteiger charge is 2.99. The van der Waals surface area contributed by atoms with Crippen LogP contribution < -0.4 is 0 Å². The van der Waals surface area contributed by atoms with Crippen LogP contribution in [-0.4, -0.2) is 71.4 Å². The van der Waals surface area contributed by atoms with Crippen LogP contribution in [0.3, 0.4) is 0 Å². The summed E-state index contributed by atoms with van der Waals surface area (Å²) in [5, 5.41) is 0. The SMILES string of the molecule is CCCCCCCCCCc1ccc(S(OC(=O)C(F)(F)C(F)(F)C(F)(F)C(F)(F)C(F)(F)C(F)(F)C(F)(F)C(F)(F)C(F)(F)C(F)(F)C(F)(F)F)(c2ccccc2)c2ccccc2)cc1. The van der Waals surface area contributed by atoms with Crippen LogP contribution in [0.4, 0.5) is 101 Å². The van der Waals surface area contributed by atoms with E-state index in [0.29, 0.717) is 18.4 Å². The van der Waals surface area contributed by atoms with Gasteiger partial charge in [-0.2, -0.15) is 101 Å². The van der Waals surface area contributed by atoms with Crippen molar-refractivity contribution in [2.75, 3.05) is 0 Å². The van der Waals surface area contributed by atoms with Crippen LogP contribution in [0.15, 0.2) is 99.6 Å². The van der Waals surface area contributed by atoms with E-state index >= 15 is 17.6 Å². The van der Waals surface area contributed by atoms with Crippen molar-refractivity contribution in [2.24, 2.45) is 0 Å². The molecule has 0 amide bonds. The summed E-state index contributed by atoms with van der Waals surface area (Å²) in [7, 11) is -4.40. The molecular formula is C40H35F23O2S. The van der Waals surface area contributed by atoms with Gasteiger partial charge >= 0.3 is 71.4 Å². The number of carbonyl (C=O) groups excluding carboxylic acids is 1. The summed E-state index contributed by atoms with van der Waals surface area (Å²) in [5.41, 5.74) is 0.531. The van der Waals surface area contributed by atoms with Crippen LogP contribution in [0.2, 0.25) is 0 Å². The molecule has 0 fully saturated rings.